The van der Waals surface area contributed by atoms with Crippen LogP contribution < -0.4 is 4.90 Å². The third kappa shape index (κ3) is 2.70. The van der Waals surface area contributed by atoms with Gasteiger partial charge in [-0.2, -0.15) is 0 Å². The minimum absolute atomic E-state index is 0.146. The van der Waals surface area contributed by atoms with E-state index in [-0.39, 0.29) is 5.91 Å². The van der Waals surface area contributed by atoms with Crippen molar-refractivity contribution < 1.29 is 4.79 Å². The molecular formula is C17H18N4OS. The molecule has 0 aliphatic carbocycles. The molecule has 1 fully saturated rings. The molecule has 5 nitrogen and oxygen atoms in total. The number of nitrogens with one attached hydrogen (secondary N) is 1. The van der Waals surface area contributed by atoms with E-state index in [2.05, 4.69) is 14.9 Å². The van der Waals surface area contributed by atoms with E-state index in [0.29, 0.717) is 0 Å². The molecule has 1 amide bonds. The van der Waals surface area contributed by atoms with Crippen molar-refractivity contribution in [3.63, 3.8) is 0 Å². The molecule has 1 aromatic carbocycles. The number of carbonyl (C=O) groups is 1. The van der Waals surface area contributed by atoms with Crippen LogP contribution >= 0.6 is 11.3 Å². The van der Waals surface area contributed by atoms with Gasteiger partial charge in [0.15, 0.2) is 0 Å². The highest BCUT2D eigenvalue weighted by molar-refractivity contribution is 7.13. The van der Waals surface area contributed by atoms with E-state index in [1.54, 1.807) is 11.3 Å². The fraction of sp³-hybridized carbons (Fsp3) is 0.294. The lowest BCUT2D eigenvalue weighted by molar-refractivity contribution is 0.0751. The van der Waals surface area contributed by atoms with Crippen LogP contribution in [-0.2, 0) is 0 Å². The Labute approximate surface area is 138 Å². The summed E-state index contributed by atoms with van der Waals surface area (Å²) < 4.78 is 0. The first-order valence-corrected chi connectivity index (χ1v) is 8.58. The lowest BCUT2D eigenvalue weighted by Crippen LogP contribution is -2.49. The van der Waals surface area contributed by atoms with Gasteiger partial charge in [0.05, 0.1) is 15.9 Å². The van der Waals surface area contributed by atoms with E-state index in [1.165, 1.54) is 4.88 Å². The number of carbonyl (C=O) groups excluding carboxylic acids is 1. The number of rotatable bonds is 2. The molecule has 1 N–H and O–H groups in total. The monoisotopic (exact) mass is 326 g/mol. The predicted molar refractivity (Wildman–Crippen MR) is 93.3 cm³/mol. The Balaban J connectivity index is 1.45. The molecule has 0 atom stereocenters. The third-order valence-corrected chi connectivity index (χ3v) is 5.18. The summed E-state index contributed by atoms with van der Waals surface area (Å²) in [5, 5.41) is 0. The van der Waals surface area contributed by atoms with Crippen molar-refractivity contribution in [2.45, 2.75) is 6.92 Å². The summed E-state index contributed by atoms with van der Waals surface area (Å²) in [4.78, 5) is 26.6. The van der Waals surface area contributed by atoms with Gasteiger partial charge in [-0.25, -0.2) is 4.98 Å². The molecule has 2 aromatic heterocycles. The maximum atomic E-state index is 12.5. The van der Waals surface area contributed by atoms with Crippen molar-refractivity contribution in [3.8, 4) is 0 Å². The van der Waals surface area contributed by atoms with Gasteiger partial charge < -0.3 is 14.8 Å². The Kier molecular flexibility index (Phi) is 3.53. The molecule has 3 aromatic rings. The van der Waals surface area contributed by atoms with Gasteiger partial charge in [0.25, 0.3) is 5.91 Å². The van der Waals surface area contributed by atoms with Gasteiger partial charge in [0.1, 0.15) is 0 Å². The van der Waals surface area contributed by atoms with Crippen LogP contribution in [0.5, 0.6) is 0 Å². The first kappa shape index (κ1) is 14.3. The number of H-pyrrole nitrogens is 1. The third-order valence-electron chi connectivity index (χ3n) is 4.19. The Bertz CT molecular complexity index is 812. The second-order valence-corrected chi connectivity index (χ2v) is 7.06. The molecule has 4 rings (SSSR count). The second kappa shape index (κ2) is 5.70. The summed E-state index contributed by atoms with van der Waals surface area (Å²) in [5.41, 5.74) is 2.03. The number of aryl methyl sites for hydroxylation is 1. The number of thiophene rings is 1. The number of benzene rings is 1. The molecule has 1 saturated heterocycles. The number of piperazine rings is 1. The van der Waals surface area contributed by atoms with Gasteiger partial charge >= 0.3 is 0 Å². The molecule has 0 bridgehead atoms. The minimum Gasteiger partial charge on any atom is -0.339 e. The molecular weight excluding hydrogens is 308 g/mol. The van der Waals surface area contributed by atoms with Crippen LogP contribution in [0.2, 0.25) is 0 Å². The number of anilines is 1. The Morgan fingerprint density at radius 3 is 2.61 bits per heavy atom. The smallest absolute Gasteiger partial charge is 0.264 e. The number of hydrogen-bond donors (Lipinski definition) is 1. The normalized spacial score (nSPS) is 15.3. The van der Waals surface area contributed by atoms with Crippen molar-refractivity contribution in [2.24, 2.45) is 0 Å². The standard InChI is InChI=1S/C17H18N4OS/c1-12-6-7-15(23-12)16(22)20-8-10-21(11-9-20)17-18-13-4-2-3-5-14(13)19-17/h2-7H,8-11H2,1H3,(H,18,19). The SMILES string of the molecule is Cc1ccc(C(=O)N2CCN(c3nc4ccccc4[nH]3)CC2)s1. The van der Waals surface area contributed by atoms with Crippen molar-refractivity contribution in [2.75, 3.05) is 31.1 Å². The maximum Gasteiger partial charge on any atom is 0.264 e. The summed E-state index contributed by atoms with van der Waals surface area (Å²) in [6, 6.07) is 12.0. The average molecular weight is 326 g/mol. The van der Waals surface area contributed by atoms with Crippen LogP contribution in [-0.4, -0.2) is 47.0 Å². The van der Waals surface area contributed by atoms with Crippen LogP contribution in [0.25, 0.3) is 11.0 Å². The van der Waals surface area contributed by atoms with E-state index in [1.807, 2.05) is 48.2 Å². The van der Waals surface area contributed by atoms with Crippen LogP contribution in [0, 0.1) is 6.92 Å². The predicted octanol–water partition coefficient (Wildman–Crippen LogP) is 2.90. The summed E-state index contributed by atoms with van der Waals surface area (Å²) in [5.74, 6) is 1.04. The fourth-order valence-electron chi connectivity index (χ4n) is 2.92. The molecule has 0 radical (unpaired) electrons. The fourth-order valence-corrected chi connectivity index (χ4v) is 3.75. The van der Waals surface area contributed by atoms with E-state index in [4.69, 9.17) is 0 Å². The van der Waals surface area contributed by atoms with Crippen molar-refractivity contribution in [1.82, 2.24) is 14.9 Å². The van der Waals surface area contributed by atoms with Gasteiger partial charge in [0.2, 0.25) is 5.95 Å². The van der Waals surface area contributed by atoms with E-state index in [0.717, 1.165) is 48.0 Å². The molecule has 0 saturated carbocycles. The minimum atomic E-state index is 0.146. The number of para-hydroxylation sites is 2. The summed E-state index contributed by atoms with van der Waals surface area (Å²) in [6.45, 7) is 5.09. The highest BCUT2D eigenvalue weighted by atomic mass is 32.1. The molecule has 1 aliphatic heterocycles. The first-order chi connectivity index (χ1) is 11.2. The van der Waals surface area contributed by atoms with Gasteiger partial charge in [-0.1, -0.05) is 12.1 Å². The number of aromatic amines is 1. The lowest BCUT2D eigenvalue weighted by atomic mass is 10.3. The quantitative estimate of drug-likeness (QED) is 0.788. The van der Waals surface area contributed by atoms with Crippen molar-refractivity contribution >= 4 is 34.2 Å². The zero-order chi connectivity index (χ0) is 15.8. The molecule has 118 valence electrons. The van der Waals surface area contributed by atoms with Crippen LogP contribution in [0.3, 0.4) is 0 Å². The molecule has 23 heavy (non-hydrogen) atoms. The van der Waals surface area contributed by atoms with Crippen LogP contribution in [0.4, 0.5) is 5.95 Å². The molecule has 0 unspecified atom stereocenters. The first-order valence-electron chi connectivity index (χ1n) is 7.76. The molecule has 0 spiro atoms. The van der Waals surface area contributed by atoms with Crippen LogP contribution in [0.15, 0.2) is 36.4 Å². The van der Waals surface area contributed by atoms with Crippen molar-refractivity contribution in [1.29, 1.82) is 0 Å². The summed E-state index contributed by atoms with van der Waals surface area (Å²) >= 11 is 1.57. The molecule has 1 aliphatic rings. The van der Waals surface area contributed by atoms with E-state index in [9.17, 15) is 4.79 Å². The van der Waals surface area contributed by atoms with Crippen LogP contribution in [0.1, 0.15) is 14.5 Å². The second-order valence-electron chi connectivity index (χ2n) is 5.77. The Hall–Kier alpha value is -2.34. The number of amides is 1. The molecule has 6 heteroatoms. The summed E-state index contributed by atoms with van der Waals surface area (Å²) in [7, 11) is 0. The highest BCUT2D eigenvalue weighted by Gasteiger charge is 2.24. The van der Waals surface area contributed by atoms with Gasteiger partial charge in [-0.05, 0) is 31.2 Å². The van der Waals surface area contributed by atoms with Gasteiger partial charge in [-0.15, -0.1) is 11.3 Å². The van der Waals surface area contributed by atoms with Gasteiger partial charge in [0, 0.05) is 31.1 Å². The largest absolute Gasteiger partial charge is 0.339 e. The molecule has 3 heterocycles. The maximum absolute atomic E-state index is 12.5. The Morgan fingerprint density at radius 2 is 1.91 bits per heavy atom. The van der Waals surface area contributed by atoms with Crippen molar-refractivity contribution in [3.05, 3.63) is 46.2 Å². The Morgan fingerprint density at radius 1 is 1.13 bits per heavy atom. The zero-order valence-corrected chi connectivity index (χ0v) is 13.8. The average Bonchev–Trinajstić information content (AvgIpc) is 3.20. The lowest BCUT2D eigenvalue weighted by Gasteiger charge is -2.34. The number of nitrogens with zero attached hydrogens (tertiary/aromatic N) is 3. The number of imidazole rings is 1. The number of aromatic nitrogens is 2. The van der Waals surface area contributed by atoms with E-state index < -0.39 is 0 Å². The van der Waals surface area contributed by atoms with E-state index >= 15 is 0 Å². The zero-order valence-electron chi connectivity index (χ0n) is 13.0. The summed E-state index contributed by atoms with van der Waals surface area (Å²) in [6.07, 6.45) is 0. The number of fused-ring (bicyclic) bond motifs is 1. The highest BCUT2D eigenvalue weighted by Crippen LogP contribution is 2.21. The number of hydrogen-bond acceptors (Lipinski definition) is 4. The van der Waals surface area contributed by atoms with Gasteiger partial charge in [-0.3, -0.25) is 4.79 Å². The topological polar surface area (TPSA) is 52.2 Å².